The standard InChI is InChI=1S/C28H22N2O4S.C3H4N2/c31-24-12-20(25(15-9-10-15)27-30(24)22(14-35-27)28(32)33)23-13-21(29-34-23)26-18-7-3-1-5-16(18)11-17-6-2-4-8-19(17)26;1-2-5-3-4-1/h1-8,11-13,15-16,18,22H,9-10,14H2,(H,32,33);1-3H,(H,4,5)/p-1. The Morgan fingerprint density at radius 2 is 2.00 bits per heavy atom. The molecule has 3 aliphatic carbocycles. The van der Waals surface area contributed by atoms with Crippen LogP contribution < -0.4 is 21.1 Å². The number of carbonyl (C=O) groups is 1. The first-order valence-electron chi connectivity index (χ1n) is 13.3. The van der Waals surface area contributed by atoms with Crippen LogP contribution in [-0.2, 0) is 4.79 Å². The van der Waals surface area contributed by atoms with Gasteiger partial charge >= 0.3 is 0 Å². The van der Waals surface area contributed by atoms with Gasteiger partial charge in [-0.1, -0.05) is 59.8 Å². The Labute approximate surface area is 233 Å². The summed E-state index contributed by atoms with van der Waals surface area (Å²) in [5, 5.41) is 19.2. The molecule has 3 aromatic heterocycles. The molecule has 0 bridgehead atoms. The number of aliphatic carboxylic acids is 1. The number of rotatable bonds is 4. The molecule has 4 heterocycles. The first-order valence-corrected chi connectivity index (χ1v) is 14.3. The highest BCUT2D eigenvalue weighted by Gasteiger charge is 2.37. The Morgan fingerprint density at radius 1 is 1.15 bits per heavy atom. The molecule has 4 aromatic rings. The van der Waals surface area contributed by atoms with E-state index in [-0.39, 0.29) is 17.4 Å². The maximum absolute atomic E-state index is 13.0. The molecule has 1 aliphatic heterocycles. The summed E-state index contributed by atoms with van der Waals surface area (Å²) in [7, 11) is 0. The fourth-order valence-electron chi connectivity index (χ4n) is 5.83. The van der Waals surface area contributed by atoms with Gasteiger partial charge in [-0.3, -0.25) is 9.36 Å². The summed E-state index contributed by atoms with van der Waals surface area (Å²) in [6.07, 6.45) is 18.0. The van der Waals surface area contributed by atoms with E-state index in [9.17, 15) is 14.7 Å². The zero-order valence-corrected chi connectivity index (χ0v) is 22.2. The lowest BCUT2D eigenvalue weighted by atomic mass is 9.77. The number of aromatic nitrogens is 4. The summed E-state index contributed by atoms with van der Waals surface area (Å²) < 4.78 is 7.29. The average Bonchev–Trinajstić information content (AvgIpc) is 3.37. The second-order valence-electron chi connectivity index (χ2n) is 10.3. The van der Waals surface area contributed by atoms with Crippen LogP contribution >= 0.6 is 11.8 Å². The SMILES string of the molecule is O=C([O-])C1CSc2c(C3CC3)c(-c3cc(C4=c5ccccc5=CC5C=CC=CC45)no3)cc(=O)n21.c1c[nH]cn1. The molecule has 1 fully saturated rings. The number of aromatic amines is 1. The van der Waals surface area contributed by atoms with Crippen molar-refractivity contribution in [2.24, 2.45) is 11.8 Å². The molecule has 8 nitrogen and oxygen atoms in total. The summed E-state index contributed by atoms with van der Waals surface area (Å²) in [6.45, 7) is 0. The van der Waals surface area contributed by atoms with Gasteiger partial charge in [0, 0.05) is 47.7 Å². The number of hydrogen-bond acceptors (Lipinski definition) is 7. The lowest BCUT2D eigenvalue weighted by molar-refractivity contribution is -0.309. The number of carboxylic acid groups (broad SMARTS) is 1. The number of benzene rings is 1. The van der Waals surface area contributed by atoms with Crippen LogP contribution in [0.25, 0.3) is 23.0 Å². The summed E-state index contributed by atoms with van der Waals surface area (Å²) in [5.41, 5.74) is 3.25. The van der Waals surface area contributed by atoms with Crippen molar-refractivity contribution >= 4 is 29.4 Å². The molecule has 200 valence electrons. The van der Waals surface area contributed by atoms with E-state index in [0.717, 1.165) is 45.5 Å². The van der Waals surface area contributed by atoms with Crippen LogP contribution in [0.2, 0.25) is 0 Å². The molecule has 0 amide bonds. The van der Waals surface area contributed by atoms with E-state index < -0.39 is 12.0 Å². The highest BCUT2D eigenvalue weighted by atomic mass is 32.2. The number of imidazole rings is 1. The van der Waals surface area contributed by atoms with Gasteiger partial charge in [0.15, 0.2) is 5.76 Å². The minimum atomic E-state index is -1.22. The van der Waals surface area contributed by atoms with E-state index in [0.29, 0.717) is 17.4 Å². The summed E-state index contributed by atoms with van der Waals surface area (Å²) in [6, 6.07) is 10.8. The molecule has 1 aromatic carbocycles. The number of H-pyrrole nitrogens is 1. The molecular weight excluding hydrogens is 524 g/mol. The molecular formula is C31H25N4O4S-. The number of carboxylic acids is 1. The van der Waals surface area contributed by atoms with Gasteiger partial charge in [0.2, 0.25) is 0 Å². The van der Waals surface area contributed by atoms with E-state index in [1.165, 1.54) is 27.6 Å². The van der Waals surface area contributed by atoms with Gasteiger partial charge in [0.05, 0.1) is 23.4 Å². The van der Waals surface area contributed by atoms with Crippen molar-refractivity contribution in [3.8, 4) is 11.3 Å². The smallest absolute Gasteiger partial charge is 0.252 e. The molecule has 3 atom stereocenters. The first kappa shape index (κ1) is 24.7. The summed E-state index contributed by atoms with van der Waals surface area (Å²) in [5.74, 6) is 0.322. The van der Waals surface area contributed by atoms with Crippen molar-refractivity contribution in [2.45, 2.75) is 29.8 Å². The molecule has 40 heavy (non-hydrogen) atoms. The van der Waals surface area contributed by atoms with Crippen molar-refractivity contribution in [1.82, 2.24) is 19.7 Å². The second-order valence-corrected chi connectivity index (χ2v) is 11.3. The van der Waals surface area contributed by atoms with Gasteiger partial charge in [0.25, 0.3) is 5.56 Å². The number of pyridine rings is 1. The average molecular weight is 550 g/mol. The Hall–Kier alpha value is -4.37. The van der Waals surface area contributed by atoms with Crippen LogP contribution in [0.1, 0.15) is 36.1 Å². The quantitative estimate of drug-likeness (QED) is 0.416. The highest BCUT2D eigenvalue weighted by molar-refractivity contribution is 7.99. The minimum Gasteiger partial charge on any atom is -0.548 e. The number of carbonyl (C=O) groups excluding carboxylic acids is 1. The van der Waals surface area contributed by atoms with E-state index in [2.05, 4.69) is 57.6 Å². The number of hydrogen-bond donors (Lipinski definition) is 1. The van der Waals surface area contributed by atoms with Crippen LogP contribution in [0.5, 0.6) is 0 Å². The third-order valence-corrected chi connectivity index (χ3v) is 8.96. The lowest BCUT2D eigenvalue weighted by Crippen LogP contribution is -2.37. The van der Waals surface area contributed by atoms with E-state index >= 15 is 0 Å². The Morgan fingerprint density at radius 3 is 2.75 bits per heavy atom. The predicted molar refractivity (Wildman–Crippen MR) is 149 cm³/mol. The summed E-state index contributed by atoms with van der Waals surface area (Å²) >= 11 is 1.42. The van der Waals surface area contributed by atoms with Gasteiger partial charge in [0.1, 0.15) is 5.69 Å². The molecule has 1 saturated carbocycles. The van der Waals surface area contributed by atoms with E-state index in [1.54, 1.807) is 18.7 Å². The van der Waals surface area contributed by atoms with Crippen LogP contribution in [0, 0.1) is 11.8 Å². The topological polar surface area (TPSA) is 117 Å². The van der Waals surface area contributed by atoms with Crippen LogP contribution in [0.4, 0.5) is 0 Å². The van der Waals surface area contributed by atoms with Crippen molar-refractivity contribution in [3.63, 3.8) is 0 Å². The zero-order valence-electron chi connectivity index (χ0n) is 21.4. The van der Waals surface area contributed by atoms with Gasteiger partial charge < -0.3 is 19.4 Å². The highest BCUT2D eigenvalue weighted by Crippen LogP contribution is 2.50. The molecule has 0 radical (unpaired) electrons. The second kappa shape index (κ2) is 9.98. The number of thioether (sulfide) groups is 1. The van der Waals surface area contributed by atoms with Crippen molar-refractivity contribution in [1.29, 1.82) is 0 Å². The molecule has 0 saturated heterocycles. The monoisotopic (exact) mass is 549 g/mol. The fourth-order valence-corrected chi connectivity index (χ4v) is 7.22. The third-order valence-electron chi connectivity index (χ3n) is 7.78. The van der Waals surface area contributed by atoms with Crippen LogP contribution in [0.3, 0.4) is 0 Å². The summed E-state index contributed by atoms with van der Waals surface area (Å²) in [4.78, 5) is 31.1. The van der Waals surface area contributed by atoms with Gasteiger partial charge in [-0.15, -0.1) is 11.8 Å². The largest absolute Gasteiger partial charge is 0.548 e. The Balaban J connectivity index is 0.000000480. The zero-order chi connectivity index (χ0) is 27.2. The lowest BCUT2D eigenvalue weighted by Gasteiger charge is -2.26. The Kier molecular flexibility index (Phi) is 6.15. The van der Waals surface area contributed by atoms with E-state index in [1.807, 2.05) is 18.2 Å². The van der Waals surface area contributed by atoms with Crippen LogP contribution in [-0.4, -0.2) is 31.4 Å². The number of nitrogens with zero attached hydrogens (tertiary/aromatic N) is 3. The molecule has 0 spiro atoms. The van der Waals surface area contributed by atoms with Gasteiger partial charge in [-0.2, -0.15) is 0 Å². The van der Waals surface area contributed by atoms with Crippen molar-refractivity contribution in [3.05, 3.63) is 111 Å². The predicted octanol–water partition coefficient (Wildman–Crippen LogP) is 2.54. The molecule has 4 aliphatic rings. The fraction of sp³-hybridized carbons (Fsp3) is 0.226. The van der Waals surface area contributed by atoms with Gasteiger partial charge in [-0.05, 0) is 40.3 Å². The number of fused-ring (bicyclic) bond motifs is 3. The maximum Gasteiger partial charge on any atom is 0.252 e. The Bertz CT molecular complexity index is 1830. The molecule has 1 N–H and O–H groups in total. The molecule has 8 rings (SSSR count). The minimum absolute atomic E-state index is 0.153. The van der Waals surface area contributed by atoms with Crippen LogP contribution in [0.15, 0.2) is 93.8 Å². The number of allylic oxidation sites excluding steroid dienone is 4. The number of nitrogens with one attached hydrogen (secondary N) is 1. The van der Waals surface area contributed by atoms with Crippen molar-refractivity contribution < 1.29 is 14.4 Å². The van der Waals surface area contributed by atoms with E-state index in [4.69, 9.17) is 4.52 Å². The maximum atomic E-state index is 13.0. The van der Waals surface area contributed by atoms with Crippen molar-refractivity contribution in [2.75, 3.05) is 5.75 Å². The molecule has 9 heteroatoms. The first-order chi connectivity index (χ1) is 19.6. The van der Waals surface area contributed by atoms with Gasteiger partial charge in [-0.25, -0.2) is 4.98 Å². The normalized spacial score (nSPS) is 22.0. The molecule has 3 unspecified atom stereocenters. The third kappa shape index (κ3) is 4.26.